The zero-order valence-electron chi connectivity index (χ0n) is 8.49. The second-order valence-corrected chi connectivity index (χ2v) is 4.33. The first kappa shape index (κ1) is 9.00. The van der Waals surface area contributed by atoms with Crippen molar-refractivity contribution in [2.24, 2.45) is 0 Å². The topological polar surface area (TPSA) is 23.6 Å². The zero-order chi connectivity index (χ0) is 9.42. The second-order valence-electron chi connectivity index (χ2n) is 4.33. The standard InChI is InChI=1S/C10H18N2O/c1-8(13)12-6-9-4-3-5-10(7-12)11(9)2/h9-10H,3-7H2,1-2H3. The van der Waals surface area contributed by atoms with Gasteiger partial charge >= 0.3 is 0 Å². The molecule has 2 unspecified atom stereocenters. The molecule has 0 N–H and O–H groups in total. The van der Waals surface area contributed by atoms with Gasteiger partial charge in [0, 0.05) is 32.1 Å². The Morgan fingerprint density at radius 1 is 1.23 bits per heavy atom. The lowest BCUT2D eigenvalue weighted by atomic mass is 9.92. The lowest BCUT2D eigenvalue weighted by Crippen LogP contribution is -2.60. The fourth-order valence-electron chi connectivity index (χ4n) is 2.58. The van der Waals surface area contributed by atoms with Crippen LogP contribution < -0.4 is 0 Å². The molecule has 0 radical (unpaired) electrons. The normalized spacial score (nSPS) is 34.8. The molecular formula is C10H18N2O. The monoisotopic (exact) mass is 182 g/mol. The highest BCUT2D eigenvalue weighted by molar-refractivity contribution is 5.73. The van der Waals surface area contributed by atoms with Crippen LogP contribution in [-0.2, 0) is 4.79 Å². The van der Waals surface area contributed by atoms with Gasteiger partial charge in [0.05, 0.1) is 0 Å². The second kappa shape index (κ2) is 3.29. The highest BCUT2D eigenvalue weighted by Gasteiger charge is 2.35. The fraction of sp³-hybridized carbons (Fsp3) is 0.900. The number of amides is 1. The molecule has 0 aromatic carbocycles. The van der Waals surface area contributed by atoms with E-state index in [2.05, 4.69) is 11.9 Å². The van der Waals surface area contributed by atoms with Crippen LogP contribution in [-0.4, -0.2) is 47.9 Å². The minimum atomic E-state index is 0.241. The van der Waals surface area contributed by atoms with Crippen LogP contribution in [0.4, 0.5) is 0 Å². The van der Waals surface area contributed by atoms with Gasteiger partial charge in [-0.2, -0.15) is 0 Å². The van der Waals surface area contributed by atoms with Gasteiger partial charge in [0.25, 0.3) is 0 Å². The summed E-state index contributed by atoms with van der Waals surface area (Å²) in [5.74, 6) is 0.241. The van der Waals surface area contributed by atoms with Crippen molar-refractivity contribution in [2.45, 2.75) is 38.3 Å². The van der Waals surface area contributed by atoms with E-state index >= 15 is 0 Å². The van der Waals surface area contributed by atoms with Gasteiger partial charge in [0.2, 0.25) is 5.91 Å². The Balaban J connectivity index is 2.07. The summed E-state index contributed by atoms with van der Waals surface area (Å²) >= 11 is 0. The van der Waals surface area contributed by atoms with Crippen LogP contribution in [0.25, 0.3) is 0 Å². The molecule has 0 aromatic heterocycles. The highest BCUT2D eigenvalue weighted by atomic mass is 16.2. The number of piperidine rings is 1. The number of piperazine rings is 1. The quantitative estimate of drug-likeness (QED) is 0.550. The first-order valence-corrected chi connectivity index (χ1v) is 5.16. The fourth-order valence-corrected chi connectivity index (χ4v) is 2.58. The van der Waals surface area contributed by atoms with Crippen molar-refractivity contribution in [3.63, 3.8) is 0 Å². The van der Waals surface area contributed by atoms with E-state index in [1.807, 2.05) is 4.90 Å². The number of fused-ring (bicyclic) bond motifs is 2. The van der Waals surface area contributed by atoms with Gasteiger partial charge in [-0.15, -0.1) is 0 Å². The summed E-state index contributed by atoms with van der Waals surface area (Å²) in [7, 11) is 2.20. The Hall–Kier alpha value is -0.570. The van der Waals surface area contributed by atoms with Gasteiger partial charge < -0.3 is 4.90 Å². The van der Waals surface area contributed by atoms with Crippen LogP contribution in [0.15, 0.2) is 0 Å². The summed E-state index contributed by atoms with van der Waals surface area (Å²) < 4.78 is 0. The number of likely N-dealkylation sites (tertiary alicyclic amines) is 1. The minimum Gasteiger partial charge on any atom is -0.340 e. The maximum absolute atomic E-state index is 11.2. The van der Waals surface area contributed by atoms with Crippen molar-refractivity contribution in [3.05, 3.63) is 0 Å². The third-order valence-electron chi connectivity index (χ3n) is 3.53. The molecule has 0 aromatic rings. The van der Waals surface area contributed by atoms with Crippen LogP contribution in [0.3, 0.4) is 0 Å². The average molecular weight is 182 g/mol. The molecule has 1 amide bonds. The van der Waals surface area contributed by atoms with Crippen molar-refractivity contribution in [2.75, 3.05) is 20.1 Å². The average Bonchev–Trinajstić information content (AvgIpc) is 2.02. The van der Waals surface area contributed by atoms with E-state index in [-0.39, 0.29) is 5.91 Å². The van der Waals surface area contributed by atoms with Crippen molar-refractivity contribution >= 4 is 5.91 Å². The van der Waals surface area contributed by atoms with Gasteiger partial charge in [0.1, 0.15) is 0 Å². The van der Waals surface area contributed by atoms with Gasteiger partial charge in [-0.1, -0.05) is 6.42 Å². The molecule has 0 aliphatic carbocycles. The van der Waals surface area contributed by atoms with Gasteiger partial charge in [-0.05, 0) is 19.9 Å². The Morgan fingerprint density at radius 2 is 1.77 bits per heavy atom. The summed E-state index contributed by atoms with van der Waals surface area (Å²) in [6.07, 6.45) is 3.86. The zero-order valence-corrected chi connectivity index (χ0v) is 8.49. The third kappa shape index (κ3) is 1.57. The molecule has 2 heterocycles. The molecule has 3 heteroatoms. The molecule has 2 aliphatic rings. The predicted octanol–water partition coefficient (Wildman–Crippen LogP) is 0.701. The number of likely N-dealkylation sites (N-methyl/N-ethyl adjacent to an activating group) is 1. The summed E-state index contributed by atoms with van der Waals surface area (Å²) in [5, 5.41) is 0. The van der Waals surface area contributed by atoms with Crippen LogP contribution in [0.1, 0.15) is 26.2 Å². The van der Waals surface area contributed by atoms with Crippen LogP contribution >= 0.6 is 0 Å². The Morgan fingerprint density at radius 3 is 2.23 bits per heavy atom. The smallest absolute Gasteiger partial charge is 0.219 e. The molecule has 3 nitrogen and oxygen atoms in total. The number of hydrogen-bond donors (Lipinski definition) is 0. The van der Waals surface area contributed by atoms with Gasteiger partial charge in [-0.3, -0.25) is 9.69 Å². The highest BCUT2D eigenvalue weighted by Crippen LogP contribution is 2.26. The van der Waals surface area contributed by atoms with E-state index in [0.29, 0.717) is 12.1 Å². The number of rotatable bonds is 0. The third-order valence-corrected chi connectivity index (χ3v) is 3.53. The van der Waals surface area contributed by atoms with E-state index in [1.54, 1.807) is 6.92 Å². The summed E-state index contributed by atoms with van der Waals surface area (Å²) in [5.41, 5.74) is 0. The van der Waals surface area contributed by atoms with Crippen molar-refractivity contribution in [1.82, 2.24) is 9.80 Å². The van der Waals surface area contributed by atoms with Crippen molar-refractivity contribution < 1.29 is 4.79 Å². The molecular weight excluding hydrogens is 164 g/mol. The molecule has 2 rings (SSSR count). The molecule has 2 saturated heterocycles. The maximum atomic E-state index is 11.2. The Labute approximate surface area is 79.7 Å². The maximum Gasteiger partial charge on any atom is 0.219 e. The molecule has 2 bridgehead atoms. The van der Waals surface area contributed by atoms with Crippen molar-refractivity contribution in [1.29, 1.82) is 0 Å². The first-order chi connectivity index (χ1) is 6.18. The summed E-state index contributed by atoms with van der Waals surface area (Å²) in [6.45, 7) is 3.58. The van der Waals surface area contributed by atoms with E-state index in [4.69, 9.17) is 0 Å². The van der Waals surface area contributed by atoms with Crippen molar-refractivity contribution in [3.8, 4) is 0 Å². The van der Waals surface area contributed by atoms with E-state index < -0.39 is 0 Å². The van der Waals surface area contributed by atoms with Gasteiger partial charge in [-0.25, -0.2) is 0 Å². The van der Waals surface area contributed by atoms with Crippen LogP contribution in [0.5, 0.6) is 0 Å². The number of carbonyl (C=O) groups is 1. The Bertz CT molecular complexity index is 203. The van der Waals surface area contributed by atoms with E-state index in [0.717, 1.165) is 13.1 Å². The lowest BCUT2D eigenvalue weighted by molar-refractivity contribution is -0.134. The molecule has 2 fully saturated rings. The van der Waals surface area contributed by atoms with Crippen LogP contribution in [0.2, 0.25) is 0 Å². The number of carbonyl (C=O) groups excluding carboxylic acids is 1. The molecule has 2 atom stereocenters. The Kier molecular flexibility index (Phi) is 2.28. The lowest BCUT2D eigenvalue weighted by Gasteiger charge is -2.48. The SMILES string of the molecule is CC(=O)N1CC2CCCC(C1)N2C. The van der Waals surface area contributed by atoms with Gasteiger partial charge in [0.15, 0.2) is 0 Å². The van der Waals surface area contributed by atoms with Crippen LogP contribution in [0, 0.1) is 0 Å². The van der Waals surface area contributed by atoms with E-state index in [1.165, 1.54) is 19.3 Å². The largest absolute Gasteiger partial charge is 0.340 e. The molecule has 0 saturated carbocycles. The van der Waals surface area contributed by atoms with E-state index in [9.17, 15) is 4.79 Å². The number of nitrogens with zero attached hydrogens (tertiary/aromatic N) is 2. The molecule has 13 heavy (non-hydrogen) atoms. The minimum absolute atomic E-state index is 0.241. The molecule has 0 spiro atoms. The summed E-state index contributed by atoms with van der Waals surface area (Å²) in [4.78, 5) is 15.7. The first-order valence-electron chi connectivity index (χ1n) is 5.16. The predicted molar refractivity (Wildman–Crippen MR) is 51.4 cm³/mol. The molecule has 74 valence electrons. The number of hydrogen-bond acceptors (Lipinski definition) is 2. The molecule has 2 aliphatic heterocycles. The summed E-state index contributed by atoms with van der Waals surface area (Å²) in [6, 6.07) is 1.24.